The normalized spacial score (nSPS) is 23.9. The number of amides is 1. The molecule has 1 aromatic rings. The highest BCUT2D eigenvalue weighted by Gasteiger charge is 2.29. The van der Waals surface area contributed by atoms with Crippen LogP contribution in [0.5, 0.6) is 0 Å². The molecular formula is C19H27FN2O2. The molecule has 5 heteroatoms. The number of halogens is 1. The van der Waals surface area contributed by atoms with Crippen LogP contribution in [0.15, 0.2) is 24.3 Å². The summed E-state index contributed by atoms with van der Waals surface area (Å²) in [6.45, 7) is 5.79. The summed E-state index contributed by atoms with van der Waals surface area (Å²) in [5.74, 6) is 0.929. The fourth-order valence-corrected chi connectivity index (χ4v) is 3.78. The summed E-state index contributed by atoms with van der Waals surface area (Å²) in [5.41, 5.74) is 0.543. The van der Waals surface area contributed by atoms with Crippen molar-refractivity contribution in [3.05, 3.63) is 35.6 Å². The zero-order valence-electron chi connectivity index (χ0n) is 14.3. The minimum atomic E-state index is -0.363. The quantitative estimate of drug-likeness (QED) is 0.920. The molecule has 0 spiro atoms. The second-order valence-electron chi connectivity index (χ2n) is 6.99. The Labute approximate surface area is 143 Å². The van der Waals surface area contributed by atoms with Gasteiger partial charge in [0.1, 0.15) is 11.9 Å². The van der Waals surface area contributed by atoms with Crippen LogP contribution in [-0.2, 0) is 9.53 Å². The topological polar surface area (TPSA) is 41.6 Å². The molecule has 2 fully saturated rings. The number of hydrogen-bond donors (Lipinski definition) is 1. The Hall–Kier alpha value is -1.46. The van der Waals surface area contributed by atoms with E-state index >= 15 is 0 Å². The van der Waals surface area contributed by atoms with Gasteiger partial charge in [-0.15, -0.1) is 0 Å². The molecule has 0 bridgehead atoms. The number of carbonyl (C=O) groups is 1. The van der Waals surface area contributed by atoms with Gasteiger partial charge in [-0.3, -0.25) is 4.79 Å². The van der Waals surface area contributed by atoms with Crippen molar-refractivity contribution in [2.24, 2.45) is 11.8 Å². The van der Waals surface area contributed by atoms with E-state index in [1.165, 1.54) is 6.07 Å². The van der Waals surface area contributed by atoms with Gasteiger partial charge in [0.2, 0.25) is 5.91 Å². The lowest BCUT2D eigenvalue weighted by molar-refractivity contribution is -0.140. The number of nitrogens with zero attached hydrogens (tertiary/aromatic N) is 1. The van der Waals surface area contributed by atoms with Gasteiger partial charge in [0.05, 0.1) is 13.2 Å². The molecule has 2 aliphatic rings. The SMILES string of the molecule is CC(CC(=O)N1CCOC(c2ccccc2F)C1)C1CCNCC1. The Morgan fingerprint density at radius 2 is 2.12 bits per heavy atom. The lowest BCUT2D eigenvalue weighted by Gasteiger charge is -2.35. The standard InChI is InChI=1S/C19H27FN2O2/c1-14(15-6-8-21-9-7-15)12-19(23)22-10-11-24-18(13-22)16-4-2-3-5-17(16)20/h2-5,14-15,18,21H,6-13H2,1H3. The van der Waals surface area contributed by atoms with E-state index in [2.05, 4.69) is 12.2 Å². The van der Waals surface area contributed by atoms with E-state index in [4.69, 9.17) is 4.74 Å². The van der Waals surface area contributed by atoms with Gasteiger partial charge in [-0.05, 0) is 43.8 Å². The first-order valence-electron chi connectivity index (χ1n) is 8.99. The monoisotopic (exact) mass is 334 g/mol. The van der Waals surface area contributed by atoms with E-state index < -0.39 is 0 Å². The second kappa shape index (κ2) is 8.08. The number of hydrogen-bond acceptors (Lipinski definition) is 3. The van der Waals surface area contributed by atoms with E-state index in [9.17, 15) is 9.18 Å². The van der Waals surface area contributed by atoms with Crippen molar-refractivity contribution in [3.8, 4) is 0 Å². The Kier molecular flexibility index (Phi) is 5.85. The van der Waals surface area contributed by atoms with E-state index in [1.807, 2.05) is 11.0 Å². The first kappa shape index (κ1) is 17.4. The zero-order valence-corrected chi connectivity index (χ0v) is 14.3. The van der Waals surface area contributed by atoms with Crippen LogP contribution in [0.1, 0.15) is 37.9 Å². The van der Waals surface area contributed by atoms with Gasteiger partial charge in [0.15, 0.2) is 0 Å². The van der Waals surface area contributed by atoms with Crippen LogP contribution in [-0.4, -0.2) is 43.6 Å². The van der Waals surface area contributed by atoms with Crippen molar-refractivity contribution in [2.45, 2.75) is 32.3 Å². The summed E-state index contributed by atoms with van der Waals surface area (Å²) in [5, 5.41) is 3.37. The Morgan fingerprint density at radius 1 is 1.38 bits per heavy atom. The van der Waals surface area contributed by atoms with Crippen LogP contribution in [0, 0.1) is 17.7 Å². The third-order valence-electron chi connectivity index (χ3n) is 5.36. The second-order valence-corrected chi connectivity index (χ2v) is 6.99. The number of ether oxygens (including phenoxy) is 1. The number of rotatable bonds is 4. The van der Waals surface area contributed by atoms with E-state index in [0.29, 0.717) is 43.5 Å². The summed E-state index contributed by atoms with van der Waals surface area (Å²) in [4.78, 5) is 14.5. The van der Waals surface area contributed by atoms with Crippen LogP contribution in [0.4, 0.5) is 4.39 Å². The van der Waals surface area contributed by atoms with Crippen molar-refractivity contribution >= 4 is 5.91 Å². The fourth-order valence-electron chi connectivity index (χ4n) is 3.78. The lowest BCUT2D eigenvalue weighted by atomic mass is 9.84. The van der Waals surface area contributed by atoms with Gasteiger partial charge in [-0.1, -0.05) is 25.1 Å². The maximum Gasteiger partial charge on any atom is 0.223 e. The highest BCUT2D eigenvalue weighted by atomic mass is 19.1. The Morgan fingerprint density at radius 3 is 2.88 bits per heavy atom. The van der Waals surface area contributed by atoms with Crippen molar-refractivity contribution in [1.29, 1.82) is 0 Å². The van der Waals surface area contributed by atoms with Crippen LogP contribution in [0.2, 0.25) is 0 Å². The predicted molar refractivity (Wildman–Crippen MR) is 91.0 cm³/mol. The largest absolute Gasteiger partial charge is 0.370 e. The molecule has 1 amide bonds. The zero-order chi connectivity index (χ0) is 16.9. The van der Waals surface area contributed by atoms with Crippen molar-refractivity contribution < 1.29 is 13.9 Å². The predicted octanol–water partition coefficient (Wildman–Crippen LogP) is 2.75. The van der Waals surface area contributed by atoms with Crippen molar-refractivity contribution in [3.63, 3.8) is 0 Å². The Balaban J connectivity index is 1.57. The third-order valence-corrected chi connectivity index (χ3v) is 5.36. The first-order chi connectivity index (χ1) is 11.6. The fraction of sp³-hybridized carbons (Fsp3) is 0.632. The smallest absolute Gasteiger partial charge is 0.223 e. The van der Waals surface area contributed by atoms with E-state index in [1.54, 1.807) is 12.1 Å². The minimum absolute atomic E-state index is 0.172. The van der Waals surface area contributed by atoms with Gasteiger partial charge in [0, 0.05) is 18.5 Å². The summed E-state index contributed by atoms with van der Waals surface area (Å²) >= 11 is 0. The molecule has 0 aliphatic carbocycles. The number of piperidine rings is 1. The van der Waals surface area contributed by atoms with Crippen molar-refractivity contribution in [2.75, 3.05) is 32.8 Å². The highest BCUT2D eigenvalue weighted by molar-refractivity contribution is 5.76. The summed E-state index contributed by atoms with van der Waals surface area (Å²) in [7, 11) is 0. The molecule has 0 aromatic heterocycles. The van der Waals surface area contributed by atoms with Gasteiger partial charge < -0.3 is 15.0 Å². The maximum atomic E-state index is 14.0. The number of nitrogens with one attached hydrogen (secondary N) is 1. The molecule has 2 atom stereocenters. The third kappa shape index (κ3) is 4.14. The van der Waals surface area contributed by atoms with Gasteiger partial charge in [-0.25, -0.2) is 4.39 Å². The molecule has 1 aromatic carbocycles. The minimum Gasteiger partial charge on any atom is -0.370 e. The molecule has 132 valence electrons. The summed E-state index contributed by atoms with van der Waals surface area (Å²) in [6.07, 6.45) is 2.51. The van der Waals surface area contributed by atoms with Gasteiger partial charge >= 0.3 is 0 Å². The molecule has 1 N–H and O–H groups in total. The van der Waals surface area contributed by atoms with E-state index in [0.717, 1.165) is 25.9 Å². The van der Waals surface area contributed by atoms with Crippen LogP contribution in [0.3, 0.4) is 0 Å². The molecule has 4 nitrogen and oxygen atoms in total. The number of benzene rings is 1. The van der Waals surface area contributed by atoms with Crippen LogP contribution in [0.25, 0.3) is 0 Å². The lowest BCUT2D eigenvalue weighted by Crippen LogP contribution is -2.43. The average molecular weight is 334 g/mol. The number of carbonyl (C=O) groups excluding carboxylic acids is 1. The molecule has 2 unspecified atom stereocenters. The first-order valence-corrected chi connectivity index (χ1v) is 8.99. The van der Waals surface area contributed by atoms with Gasteiger partial charge in [-0.2, -0.15) is 0 Å². The molecule has 2 heterocycles. The van der Waals surface area contributed by atoms with Gasteiger partial charge in [0.25, 0.3) is 0 Å². The summed E-state index contributed by atoms with van der Waals surface area (Å²) in [6, 6.07) is 6.66. The van der Waals surface area contributed by atoms with Crippen LogP contribution >= 0.6 is 0 Å². The highest BCUT2D eigenvalue weighted by Crippen LogP contribution is 2.28. The maximum absolute atomic E-state index is 14.0. The van der Waals surface area contributed by atoms with E-state index in [-0.39, 0.29) is 17.8 Å². The molecule has 2 aliphatic heterocycles. The molecule has 24 heavy (non-hydrogen) atoms. The molecule has 3 rings (SSSR count). The van der Waals surface area contributed by atoms with Crippen LogP contribution < -0.4 is 5.32 Å². The Bertz CT molecular complexity index is 560. The van der Waals surface area contributed by atoms with Crippen molar-refractivity contribution in [1.82, 2.24) is 10.2 Å². The average Bonchev–Trinajstić information content (AvgIpc) is 2.63. The number of morpholine rings is 1. The summed E-state index contributed by atoms with van der Waals surface area (Å²) < 4.78 is 19.7. The molecule has 2 saturated heterocycles. The molecular weight excluding hydrogens is 307 g/mol. The molecule has 0 saturated carbocycles. The molecule has 0 radical (unpaired) electrons.